The first kappa shape index (κ1) is 21.3. The van der Waals surface area contributed by atoms with Gasteiger partial charge in [-0.3, -0.25) is 0 Å². The molecule has 0 atom stereocenters. The van der Waals surface area contributed by atoms with Crippen LogP contribution in [-0.4, -0.2) is 19.5 Å². The normalized spacial score (nSPS) is 19.7. The van der Waals surface area contributed by atoms with Gasteiger partial charge >= 0.3 is 0 Å². The highest BCUT2D eigenvalue weighted by Gasteiger charge is 2.26. The molecule has 6 rings (SSSR count). The number of benzene rings is 1. The summed E-state index contributed by atoms with van der Waals surface area (Å²) in [5.74, 6) is 2.09. The Kier molecular flexibility index (Phi) is 5.39. The monoisotopic (exact) mass is 459 g/mol. The van der Waals surface area contributed by atoms with Crippen LogP contribution in [0.2, 0.25) is 0 Å². The van der Waals surface area contributed by atoms with Crippen molar-refractivity contribution < 1.29 is 0 Å². The highest BCUT2D eigenvalue weighted by molar-refractivity contribution is 5.82. The Hall–Kier alpha value is -4.23. The zero-order chi connectivity index (χ0) is 23.8. The molecular formula is C28H25N7. The number of hydrogen-bond donors (Lipinski definition) is 1. The zero-order valence-corrected chi connectivity index (χ0v) is 19.4. The molecule has 3 heterocycles. The molecular weight excluding hydrogens is 434 g/mol. The van der Waals surface area contributed by atoms with Crippen molar-refractivity contribution in [3.8, 4) is 23.4 Å². The first-order valence-electron chi connectivity index (χ1n) is 12.2. The van der Waals surface area contributed by atoms with E-state index in [1.165, 1.54) is 18.4 Å². The minimum atomic E-state index is 0.181. The molecule has 2 fully saturated rings. The summed E-state index contributed by atoms with van der Waals surface area (Å²) in [6.45, 7) is 0. The Labute approximate surface area is 204 Å². The van der Waals surface area contributed by atoms with Gasteiger partial charge in [-0.1, -0.05) is 6.07 Å². The van der Waals surface area contributed by atoms with Crippen LogP contribution < -0.4 is 5.32 Å². The van der Waals surface area contributed by atoms with Gasteiger partial charge in [0, 0.05) is 23.7 Å². The van der Waals surface area contributed by atoms with Crippen LogP contribution in [0.5, 0.6) is 0 Å². The lowest BCUT2D eigenvalue weighted by Crippen LogP contribution is -2.16. The highest BCUT2D eigenvalue weighted by atomic mass is 15.1. The first-order chi connectivity index (χ1) is 17.2. The number of aromatic nitrogens is 4. The van der Waals surface area contributed by atoms with Gasteiger partial charge in [0.25, 0.3) is 0 Å². The minimum absolute atomic E-state index is 0.181. The van der Waals surface area contributed by atoms with E-state index >= 15 is 0 Å². The summed E-state index contributed by atoms with van der Waals surface area (Å²) in [7, 11) is 0. The van der Waals surface area contributed by atoms with Crippen molar-refractivity contribution in [2.45, 2.75) is 50.5 Å². The number of nitriles is 2. The van der Waals surface area contributed by atoms with Gasteiger partial charge in [0.15, 0.2) is 0 Å². The SMILES string of the molecule is N#Cc1ccnc(Nc2cc(C3CC3)cc(-c3ccc4ncn(C5CCC(C#N)CC5)c4c3)n2)c1. The van der Waals surface area contributed by atoms with Crippen LogP contribution in [0.25, 0.3) is 22.3 Å². The lowest BCUT2D eigenvalue weighted by Gasteiger charge is -2.26. The third-order valence-corrected chi connectivity index (χ3v) is 7.18. The van der Waals surface area contributed by atoms with E-state index in [1.807, 2.05) is 6.33 Å². The molecule has 0 bridgehead atoms. The molecule has 35 heavy (non-hydrogen) atoms. The lowest BCUT2D eigenvalue weighted by atomic mass is 9.87. The number of fused-ring (bicyclic) bond motifs is 1. The molecule has 2 aliphatic rings. The van der Waals surface area contributed by atoms with E-state index in [-0.39, 0.29) is 5.92 Å². The molecule has 2 saturated carbocycles. The second-order valence-corrected chi connectivity index (χ2v) is 9.60. The molecule has 0 amide bonds. The molecule has 0 unspecified atom stereocenters. The number of rotatable bonds is 5. The molecule has 172 valence electrons. The van der Waals surface area contributed by atoms with Crippen LogP contribution >= 0.6 is 0 Å². The molecule has 3 aromatic heterocycles. The van der Waals surface area contributed by atoms with Crippen molar-refractivity contribution in [3.63, 3.8) is 0 Å². The van der Waals surface area contributed by atoms with Crippen LogP contribution in [0.3, 0.4) is 0 Å². The predicted octanol–water partition coefficient (Wildman–Crippen LogP) is 6.24. The fourth-order valence-corrected chi connectivity index (χ4v) is 5.08. The van der Waals surface area contributed by atoms with Gasteiger partial charge in [0.05, 0.1) is 40.8 Å². The molecule has 0 saturated heterocycles. The number of anilines is 2. The molecule has 0 spiro atoms. The number of nitrogens with zero attached hydrogens (tertiary/aromatic N) is 6. The Bertz CT molecular complexity index is 1480. The highest BCUT2D eigenvalue weighted by Crippen LogP contribution is 2.42. The summed E-state index contributed by atoms with van der Waals surface area (Å²) in [5, 5.41) is 21.8. The smallest absolute Gasteiger partial charge is 0.132 e. The Morgan fingerprint density at radius 2 is 1.74 bits per heavy atom. The molecule has 7 heteroatoms. The van der Waals surface area contributed by atoms with Crippen molar-refractivity contribution in [2.24, 2.45) is 5.92 Å². The van der Waals surface area contributed by atoms with E-state index in [0.717, 1.165) is 53.8 Å². The molecule has 7 nitrogen and oxygen atoms in total. The van der Waals surface area contributed by atoms with Gasteiger partial charge in [0.1, 0.15) is 11.6 Å². The number of hydrogen-bond acceptors (Lipinski definition) is 6. The average molecular weight is 460 g/mol. The van der Waals surface area contributed by atoms with Crippen molar-refractivity contribution in [1.29, 1.82) is 10.5 Å². The second-order valence-electron chi connectivity index (χ2n) is 9.60. The van der Waals surface area contributed by atoms with Crippen molar-refractivity contribution in [1.82, 2.24) is 19.5 Å². The fourth-order valence-electron chi connectivity index (χ4n) is 5.08. The maximum absolute atomic E-state index is 9.25. The number of nitrogens with one attached hydrogen (secondary N) is 1. The van der Waals surface area contributed by atoms with E-state index in [0.29, 0.717) is 23.3 Å². The Morgan fingerprint density at radius 3 is 2.51 bits per heavy atom. The molecule has 4 aromatic rings. The van der Waals surface area contributed by atoms with Crippen LogP contribution in [0.15, 0.2) is 55.0 Å². The summed E-state index contributed by atoms with van der Waals surface area (Å²) in [4.78, 5) is 13.9. The molecule has 0 aliphatic heterocycles. The van der Waals surface area contributed by atoms with Gasteiger partial charge in [-0.25, -0.2) is 15.0 Å². The molecule has 2 aliphatic carbocycles. The van der Waals surface area contributed by atoms with Crippen LogP contribution in [0, 0.1) is 28.6 Å². The predicted molar refractivity (Wildman–Crippen MR) is 134 cm³/mol. The number of pyridine rings is 2. The second kappa shape index (κ2) is 8.85. The van der Waals surface area contributed by atoms with Gasteiger partial charge in [-0.2, -0.15) is 10.5 Å². The van der Waals surface area contributed by atoms with Crippen molar-refractivity contribution >= 4 is 22.7 Å². The Balaban J connectivity index is 1.35. The topological polar surface area (TPSA) is 103 Å². The van der Waals surface area contributed by atoms with Gasteiger partial charge in [-0.05, 0) is 86.4 Å². The summed E-state index contributed by atoms with van der Waals surface area (Å²) in [6.07, 6.45) is 9.87. The third kappa shape index (κ3) is 4.34. The summed E-state index contributed by atoms with van der Waals surface area (Å²) < 4.78 is 2.29. The average Bonchev–Trinajstić information content (AvgIpc) is 3.68. The molecule has 1 aromatic carbocycles. The summed E-state index contributed by atoms with van der Waals surface area (Å²) in [6, 6.07) is 19.0. The summed E-state index contributed by atoms with van der Waals surface area (Å²) >= 11 is 0. The maximum atomic E-state index is 9.25. The van der Waals surface area contributed by atoms with Crippen LogP contribution in [0.1, 0.15) is 61.6 Å². The zero-order valence-electron chi connectivity index (χ0n) is 19.4. The number of imidazole rings is 1. The first-order valence-corrected chi connectivity index (χ1v) is 12.2. The van der Waals surface area contributed by atoms with Crippen LogP contribution in [-0.2, 0) is 0 Å². The van der Waals surface area contributed by atoms with Gasteiger partial charge < -0.3 is 9.88 Å². The molecule has 1 N–H and O–H groups in total. The summed E-state index contributed by atoms with van der Waals surface area (Å²) in [5.41, 5.74) is 5.89. The maximum Gasteiger partial charge on any atom is 0.132 e. The van der Waals surface area contributed by atoms with Crippen molar-refractivity contribution in [3.05, 3.63) is 66.1 Å². The fraction of sp³-hybridized carbons (Fsp3) is 0.321. The van der Waals surface area contributed by atoms with E-state index in [1.54, 1.807) is 18.3 Å². The largest absolute Gasteiger partial charge is 0.327 e. The van der Waals surface area contributed by atoms with E-state index in [2.05, 4.69) is 62.3 Å². The van der Waals surface area contributed by atoms with Gasteiger partial charge in [-0.15, -0.1) is 0 Å². The van der Waals surface area contributed by atoms with Crippen molar-refractivity contribution in [2.75, 3.05) is 5.32 Å². The third-order valence-electron chi connectivity index (χ3n) is 7.18. The van der Waals surface area contributed by atoms with Crippen LogP contribution in [0.4, 0.5) is 11.6 Å². The van der Waals surface area contributed by atoms with E-state index in [9.17, 15) is 10.5 Å². The standard InChI is InChI=1S/C28H25N7/c29-15-18-1-6-23(7-2-18)35-17-32-24-8-5-21(13-26(24)35)25-12-22(20-3-4-20)14-28(33-25)34-27-11-19(16-30)9-10-31-27/h5,8-14,17-18,20,23H,1-4,6-7H2,(H,31,33,34). The van der Waals surface area contributed by atoms with Gasteiger partial charge in [0.2, 0.25) is 0 Å². The molecule has 0 radical (unpaired) electrons. The Morgan fingerprint density at radius 1 is 0.886 bits per heavy atom. The van der Waals surface area contributed by atoms with E-state index in [4.69, 9.17) is 4.98 Å². The quantitative estimate of drug-likeness (QED) is 0.379. The lowest BCUT2D eigenvalue weighted by molar-refractivity contribution is 0.318. The minimum Gasteiger partial charge on any atom is -0.327 e. The van der Waals surface area contributed by atoms with E-state index < -0.39 is 0 Å².